The van der Waals surface area contributed by atoms with Crippen LogP contribution in [0.2, 0.25) is 0 Å². The maximum atomic E-state index is 14.0. The van der Waals surface area contributed by atoms with E-state index in [0.717, 1.165) is 30.7 Å². The maximum absolute atomic E-state index is 14.0. The van der Waals surface area contributed by atoms with Gasteiger partial charge in [-0.25, -0.2) is 9.97 Å². The summed E-state index contributed by atoms with van der Waals surface area (Å²) in [7, 11) is 1.66. The molecule has 0 unspecified atom stereocenters. The summed E-state index contributed by atoms with van der Waals surface area (Å²) in [6.07, 6.45) is 5.03. The van der Waals surface area contributed by atoms with Gasteiger partial charge in [0.25, 0.3) is 0 Å². The van der Waals surface area contributed by atoms with Crippen LogP contribution in [-0.2, 0) is 44.4 Å². The summed E-state index contributed by atoms with van der Waals surface area (Å²) >= 11 is 0. The van der Waals surface area contributed by atoms with E-state index in [1.165, 1.54) is 12.4 Å². The standard InChI is InChI=1S/C50H68F3N11O8/c1-30(2)26-57-35-11-13-41(64-19-15-39(49(64)70)61-46-36-23-33(50(51,52)53)8-12-38(36)58-29-59-46)40(24-35)62-47(68)31-6-9-34(10-7-31)60-43(66)28-72-22-21-71-20-18-55-42(65)14-17-56-48(69)37-25-44(67)63(3)45(37)32-5-4-16-54-27-32/h4-5,8,12,16,23,27,29-31,34-35,37,39-41,45,57H,6-7,9-11,13-15,17-22,24-26,28H2,1-3H3,(H,55,65)(H,56,69)(H,60,66)(H,62,68)(H,58,59,61)/t31?,34?,35-,37+,39+,40-,41+,45-/m1/s1. The molecule has 72 heavy (non-hydrogen) atoms. The molecule has 0 spiro atoms. The lowest BCUT2D eigenvalue weighted by atomic mass is 9.83. The Morgan fingerprint density at radius 3 is 2.39 bits per heavy atom. The largest absolute Gasteiger partial charge is 0.416 e. The summed E-state index contributed by atoms with van der Waals surface area (Å²) in [5.74, 6) is -1.50. The van der Waals surface area contributed by atoms with E-state index >= 15 is 0 Å². The van der Waals surface area contributed by atoms with Crippen molar-refractivity contribution >= 4 is 52.2 Å². The lowest BCUT2D eigenvalue weighted by Crippen LogP contribution is -2.59. The number of amides is 6. The molecule has 0 bridgehead atoms. The number of likely N-dealkylation sites (tertiary alicyclic amines) is 2. The first kappa shape index (κ1) is 53.8. The fourth-order valence-corrected chi connectivity index (χ4v) is 10.3. The van der Waals surface area contributed by atoms with Crippen LogP contribution in [0.3, 0.4) is 0 Å². The molecule has 4 heterocycles. The quantitative estimate of drug-likeness (QED) is 0.0795. The zero-order chi connectivity index (χ0) is 51.4. The Morgan fingerprint density at radius 2 is 1.64 bits per heavy atom. The molecular weight excluding hydrogens is 940 g/mol. The summed E-state index contributed by atoms with van der Waals surface area (Å²) in [6, 6.07) is 5.16. The number of alkyl halides is 3. The predicted octanol–water partition coefficient (Wildman–Crippen LogP) is 3.26. The number of carbonyl (C=O) groups excluding carboxylic acids is 6. The highest BCUT2D eigenvalue weighted by Gasteiger charge is 2.44. The summed E-state index contributed by atoms with van der Waals surface area (Å²) in [4.78, 5) is 94.1. The Labute approximate surface area is 417 Å². The molecule has 392 valence electrons. The van der Waals surface area contributed by atoms with E-state index in [2.05, 4.69) is 60.7 Å². The highest BCUT2D eigenvalue weighted by molar-refractivity contribution is 5.94. The molecule has 6 atom stereocenters. The highest BCUT2D eigenvalue weighted by Crippen LogP contribution is 2.37. The van der Waals surface area contributed by atoms with E-state index in [9.17, 15) is 41.9 Å². The number of rotatable bonds is 22. The fraction of sp³-hybridized carbons (Fsp3) is 0.620. The van der Waals surface area contributed by atoms with Crippen molar-refractivity contribution in [1.82, 2.24) is 51.3 Å². The van der Waals surface area contributed by atoms with Gasteiger partial charge in [-0.15, -0.1) is 0 Å². The van der Waals surface area contributed by atoms with Crippen LogP contribution in [0, 0.1) is 17.8 Å². The van der Waals surface area contributed by atoms with Gasteiger partial charge in [0, 0.05) is 75.3 Å². The monoisotopic (exact) mass is 1010 g/mol. The van der Waals surface area contributed by atoms with Crippen LogP contribution in [0.4, 0.5) is 19.0 Å². The summed E-state index contributed by atoms with van der Waals surface area (Å²) in [6.45, 7) is 6.31. The van der Waals surface area contributed by atoms with Crippen LogP contribution >= 0.6 is 0 Å². The van der Waals surface area contributed by atoms with Crippen LogP contribution in [-0.4, -0.2) is 150 Å². The van der Waals surface area contributed by atoms with Crippen molar-refractivity contribution in [3.05, 3.63) is 60.2 Å². The summed E-state index contributed by atoms with van der Waals surface area (Å²) < 4.78 is 51.8. The first-order valence-electron chi connectivity index (χ1n) is 25.1. The minimum atomic E-state index is -4.56. The van der Waals surface area contributed by atoms with Crippen molar-refractivity contribution in [2.24, 2.45) is 17.8 Å². The van der Waals surface area contributed by atoms with E-state index in [0.29, 0.717) is 62.9 Å². The fourth-order valence-electron chi connectivity index (χ4n) is 10.3. The Kier molecular flexibility index (Phi) is 18.7. The van der Waals surface area contributed by atoms with Crippen molar-refractivity contribution in [3.8, 4) is 0 Å². The molecule has 2 saturated heterocycles. The van der Waals surface area contributed by atoms with Crippen LogP contribution in [0.25, 0.3) is 10.9 Å². The number of fused-ring (bicyclic) bond motifs is 1. The molecule has 6 N–H and O–H groups in total. The number of nitrogens with one attached hydrogen (secondary N) is 6. The third-order valence-electron chi connectivity index (χ3n) is 14.1. The molecule has 1 aromatic carbocycles. The number of anilines is 1. The van der Waals surface area contributed by atoms with Crippen LogP contribution in [0.15, 0.2) is 49.1 Å². The highest BCUT2D eigenvalue weighted by atomic mass is 19.4. The number of hydrogen-bond donors (Lipinski definition) is 6. The summed E-state index contributed by atoms with van der Waals surface area (Å²) in [5, 5.41) is 18.8. The molecule has 2 aliphatic heterocycles. The average molecular weight is 1010 g/mol. The second kappa shape index (κ2) is 25.1. The first-order chi connectivity index (χ1) is 34.5. The molecule has 2 aliphatic carbocycles. The van der Waals surface area contributed by atoms with Crippen molar-refractivity contribution in [2.75, 3.05) is 65.0 Å². The third-order valence-corrected chi connectivity index (χ3v) is 14.1. The molecule has 0 radical (unpaired) electrons. The molecule has 2 aromatic heterocycles. The van der Waals surface area contributed by atoms with Gasteiger partial charge in [0.05, 0.1) is 54.9 Å². The van der Waals surface area contributed by atoms with E-state index in [4.69, 9.17) is 9.47 Å². The minimum absolute atomic E-state index is 0.0596. The lowest BCUT2D eigenvalue weighted by Gasteiger charge is -2.42. The van der Waals surface area contributed by atoms with Gasteiger partial charge in [-0.05, 0) is 93.7 Å². The van der Waals surface area contributed by atoms with Crippen molar-refractivity contribution < 1.29 is 51.4 Å². The van der Waals surface area contributed by atoms with Gasteiger partial charge in [-0.2, -0.15) is 13.2 Å². The third kappa shape index (κ3) is 14.4. The number of ether oxygens (including phenoxy) is 2. The maximum Gasteiger partial charge on any atom is 0.416 e. The lowest BCUT2D eigenvalue weighted by molar-refractivity contribution is -0.137. The number of pyridine rings is 1. The zero-order valence-corrected chi connectivity index (χ0v) is 41.2. The number of halogens is 3. The molecule has 6 amide bonds. The molecule has 7 rings (SSSR count). The average Bonchev–Trinajstić information content (AvgIpc) is 3.87. The molecular formula is C50H68F3N11O8. The zero-order valence-electron chi connectivity index (χ0n) is 41.2. The van der Waals surface area contributed by atoms with Gasteiger partial charge in [0.2, 0.25) is 35.4 Å². The van der Waals surface area contributed by atoms with Gasteiger partial charge in [-0.1, -0.05) is 19.9 Å². The molecule has 22 heteroatoms. The van der Waals surface area contributed by atoms with Crippen molar-refractivity contribution in [2.45, 2.75) is 120 Å². The van der Waals surface area contributed by atoms with Crippen molar-refractivity contribution in [3.63, 3.8) is 0 Å². The SMILES string of the molecule is CC(C)CN[C@@H]1CC[C@H](N2CC[C@H](Nc3ncnc4ccc(C(F)(F)F)cc34)C2=O)[C@H](NC(=O)C2CCC(NC(=O)COCCOCCNC(=O)CCNC(=O)[C@H]3CC(=O)N(C)[C@@H]3c3cccnc3)CC2)C1. The van der Waals surface area contributed by atoms with E-state index in [1.54, 1.807) is 30.4 Å². The number of hydrogen-bond acceptors (Lipinski definition) is 13. The Bertz CT molecular complexity index is 2360. The first-order valence-corrected chi connectivity index (χ1v) is 25.1. The normalized spacial score (nSPS) is 24.7. The summed E-state index contributed by atoms with van der Waals surface area (Å²) in [5.41, 5.74) is 0.263. The minimum Gasteiger partial charge on any atom is -0.377 e. The van der Waals surface area contributed by atoms with Gasteiger partial charge >= 0.3 is 6.18 Å². The second-order valence-corrected chi connectivity index (χ2v) is 19.7. The number of nitrogens with zero attached hydrogens (tertiary/aromatic N) is 5. The van der Waals surface area contributed by atoms with Gasteiger partial charge < -0.3 is 51.2 Å². The molecule has 19 nitrogen and oxygen atoms in total. The van der Waals surface area contributed by atoms with Gasteiger partial charge in [0.15, 0.2) is 0 Å². The van der Waals surface area contributed by atoms with E-state index < -0.39 is 29.7 Å². The molecule has 4 fully saturated rings. The smallest absolute Gasteiger partial charge is 0.377 e. The van der Waals surface area contributed by atoms with Crippen LogP contribution < -0.4 is 31.9 Å². The van der Waals surface area contributed by atoms with E-state index in [-0.39, 0.29) is 129 Å². The molecule has 4 aliphatic rings. The van der Waals surface area contributed by atoms with E-state index in [1.807, 2.05) is 11.0 Å². The molecule has 3 aromatic rings. The second-order valence-electron chi connectivity index (χ2n) is 19.7. The predicted molar refractivity (Wildman–Crippen MR) is 258 cm³/mol. The van der Waals surface area contributed by atoms with Crippen LogP contribution in [0.1, 0.15) is 95.2 Å². The van der Waals surface area contributed by atoms with Crippen LogP contribution in [0.5, 0.6) is 0 Å². The van der Waals surface area contributed by atoms with Crippen molar-refractivity contribution in [1.29, 1.82) is 0 Å². The Balaban J connectivity index is 0.777. The topological polar surface area (TPSA) is 238 Å². The van der Waals surface area contributed by atoms with Gasteiger partial charge in [0.1, 0.15) is 24.8 Å². The number of benzene rings is 1. The Morgan fingerprint density at radius 1 is 0.861 bits per heavy atom. The number of carbonyl (C=O) groups is 6. The number of aromatic nitrogens is 3. The van der Waals surface area contributed by atoms with Gasteiger partial charge in [-0.3, -0.25) is 33.8 Å². The molecule has 2 saturated carbocycles. The Hall–Kier alpha value is -6.00.